The lowest BCUT2D eigenvalue weighted by Gasteiger charge is -2.27. The Morgan fingerprint density at radius 3 is 1.38 bits per heavy atom. The number of hydrogen-bond acceptors (Lipinski definition) is 5. The van der Waals surface area contributed by atoms with Crippen molar-refractivity contribution in [2.24, 2.45) is 11.8 Å². The molecule has 4 unspecified atom stereocenters. The summed E-state index contributed by atoms with van der Waals surface area (Å²) in [7, 11) is 0. The average Bonchev–Trinajstić information content (AvgIpc) is 2.88. The van der Waals surface area contributed by atoms with Crippen molar-refractivity contribution < 1.29 is 19.7 Å². The molecule has 0 amide bonds. The van der Waals surface area contributed by atoms with Gasteiger partial charge in [-0.2, -0.15) is 0 Å². The minimum Gasteiger partial charge on any atom is -0.389 e. The van der Waals surface area contributed by atoms with Crippen molar-refractivity contribution in [2.45, 2.75) is 150 Å². The van der Waals surface area contributed by atoms with Crippen molar-refractivity contribution >= 4 is 0 Å². The zero-order valence-electron chi connectivity index (χ0n) is 25.7. The number of aliphatic hydroxyl groups is 2. The third kappa shape index (κ3) is 25.8. The van der Waals surface area contributed by atoms with E-state index >= 15 is 0 Å². The second kappa shape index (κ2) is 27.4. The largest absolute Gasteiger partial charge is 0.389 e. The molecular weight excluding hydrogens is 462 g/mol. The van der Waals surface area contributed by atoms with Gasteiger partial charge in [-0.05, 0) is 50.5 Å². The van der Waals surface area contributed by atoms with Crippen LogP contribution in [0, 0.1) is 11.8 Å². The fourth-order valence-electron chi connectivity index (χ4n) is 4.70. The molecule has 2 N–H and O–H groups in total. The lowest BCUT2D eigenvalue weighted by atomic mass is 10.0. The Morgan fingerprint density at radius 1 is 0.568 bits per heavy atom. The van der Waals surface area contributed by atoms with Crippen molar-refractivity contribution in [3.05, 3.63) is 0 Å². The molecule has 0 aromatic heterocycles. The van der Waals surface area contributed by atoms with E-state index in [-0.39, 0.29) is 0 Å². The molecule has 224 valence electrons. The Kier molecular flexibility index (Phi) is 27.2. The zero-order valence-corrected chi connectivity index (χ0v) is 25.7. The fraction of sp³-hybridized carbons (Fsp3) is 1.00. The maximum Gasteiger partial charge on any atom is 0.0900 e. The van der Waals surface area contributed by atoms with Crippen LogP contribution in [0.1, 0.15) is 137 Å². The first kappa shape index (κ1) is 36.8. The zero-order chi connectivity index (χ0) is 27.6. The highest BCUT2D eigenvalue weighted by atomic mass is 16.5. The van der Waals surface area contributed by atoms with Crippen molar-refractivity contribution in [2.75, 3.05) is 46.1 Å². The Bertz CT molecular complexity index is 423. The van der Waals surface area contributed by atoms with Gasteiger partial charge >= 0.3 is 0 Å². The van der Waals surface area contributed by atoms with Crippen LogP contribution < -0.4 is 0 Å². The van der Waals surface area contributed by atoms with Crippen LogP contribution in [0.3, 0.4) is 0 Å². The molecule has 0 saturated carbocycles. The Balaban J connectivity index is 4.27. The molecule has 0 saturated heterocycles. The quantitative estimate of drug-likeness (QED) is 0.0976. The Morgan fingerprint density at radius 2 is 0.973 bits per heavy atom. The molecule has 0 fully saturated rings. The fourth-order valence-corrected chi connectivity index (χ4v) is 4.70. The average molecular weight is 530 g/mol. The molecule has 0 aliphatic heterocycles. The molecule has 0 aliphatic carbocycles. The lowest BCUT2D eigenvalue weighted by Crippen LogP contribution is -2.41. The molecule has 0 aromatic rings. The van der Waals surface area contributed by atoms with Crippen LogP contribution in [0.4, 0.5) is 0 Å². The predicted molar refractivity (Wildman–Crippen MR) is 159 cm³/mol. The van der Waals surface area contributed by atoms with E-state index in [0.29, 0.717) is 39.5 Å². The molecule has 37 heavy (non-hydrogen) atoms. The SMILES string of the molecule is CCCCCCCCCCCCN(CC(O)COCCCC(C)CC)CC(O)COCCCC(C)CC. The van der Waals surface area contributed by atoms with Crippen molar-refractivity contribution in [3.8, 4) is 0 Å². The molecular formula is C32H67NO4. The summed E-state index contributed by atoms with van der Waals surface area (Å²) in [6, 6.07) is 0. The van der Waals surface area contributed by atoms with Gasteiger partial charge in [0.15, 0.2) is 0 Å². The van der Waals surface area contributed by atoms with E-state index in [9.17, 15) is 10.2 Å². The number of ether oxygens (including phenoxy) is 2. The maximum atomic E-state index is 10.6. The number of rotatable bonds is 29. The topological polar surface area (TPSA) is 62.2 Å². The molecule has 0 radical (unpaired) electrons. The van der Waals surface area contributed by atoms with Gasteiger partial charge in [-0.15, -0.1) is 0 Å². The van der Waals surface area contributed by atoms with Crippen molar-refractivity contribution in [1.82, 2.24) is 4.90 Å². The van der Waals surface area contributed by atoms with Crippen LogP contribution in [-0.4, -0.2) is 73.4 Å². The van der Waals surface area contributed by atoms with Crippen LogP contribution in [-0.2, 0) is 9.47 Å². The molecule has 0 bridgehead atoms. The molecule has 0 aromatic carbocycles. The van der Waals surface area contributed by atoms with Gasteiger partial charge in [0.05, 0.1) is 25.4 Å². The van der Waals surface area contributed by atoms with E-state index in [0.717, 1.165) is 37.6 Å². The Hall–Kier alpha value is -0.200. The monoisotopic (exact) mass is 530 g/mol. The molecule has 4 atom stereocenters. The molecule has 5 heteroatoms. The number of aliphatic hydroxyl groups excluding tert-OH is 2. The highest BCUT2D eigenvalue weighted by molar-refractivity contribution is 4.69. The maximum absolute atomic E-state index is 10.6. The summed E-state index contributed by atoms with van der Waals surface area (Å²) in [4.78, 5) is 2.21. The first-order chi connectivity index (χ1) is 17.9. The van der Waals surface area contributed by atoms with E-state index in [4.69, 9.17) is 9.47 Å². The van der Waals surface area contributed by atoms with E-state index < -0.39 is 12.2 Å². The van der Waals surface area contributed by atoms with Gasteiger partial charge < -0.3 is 19.7 Å². The van der Waals surface area contributed by atoms with Crippen LogP contribution in [0.15, 0.2) is 0 Å². The smallest absolute Gasteiger partial charge is 0.0900 e. The van der Waals surface area contributed by atoms with Gasteiger partial charge in [0.2, 0.25) is 0 Å². The van der Waals surface area contributed by atoms with E-state index in [2.05, 4.69) is 39.5 Å². The summed E-state index contributed by atoms with van der Waals surface area (Å²) in [6.07, 6.45) is 19.0. The van der Waals surface area contributed by atoms with Gasteiger partial charge in [-0.1, -0.05) is 105 Å². The van der Waals surface area contributed by atoms with Gasteiger partial charge in [-0.25, -0.2) is 0 Å². The second-order valence-corrected chi connectivity index (χ2v) is 11.7. The Labute approximate surface area is 232 Å². The van der Waals surface area contributed by atoms with Gasteiger partial charge in [0.1, 0.15) is 0 Å². The minimum atomic E-state index is -0.518. The van der Waals surface area contributed by atoms with Crippen LogP contribution in [0.25, 0.3) is 0 Å². The van der Waals surface area contributed by atoms with E-state index in [1.165, 1.54) is 83.5 Å². The summed E-state index contributed by atoms with van der Waals surface area (Å²) in [6.45, 7) is 15.5. The lowest BCUT2D eigenvalue weighted by molar-refractivity contribution is -0.0117. The summed E-state index contributed by atoms with van der Waals surface area (Å²) in [5, 5.41) is 21.2. The molecule has 5 nitrogen and oxygen atoms in total. The summed E-state index contributed by atoms with van der Waals surface area (Å²) < 4.78 is 11.5. The minimum absolute atomic E-state index is 0.372. The molecule has 0 rings (SSSR count). The highest BCUT2D eigenvalue weighted by Crippen LogP contribution is 2.12. The van der Waals surface area contributed by atoms with Gasteiger partial charge in [0, 0.05) is 26.3 Å². The molecule has 0 heterocycles. The van der Waals surface area contributed by atoms with Crippen LogP contribution >= 0.6 is 0 Å². The normalized spacial score (nSPS) is 15.2. The summed E-state index contributed by atoms with van der Waals surface area (Å²) in [5.74, 6) is 1.48. The van der Waals surface area contributed by atoms with Crippen LogP contribution in [0.5, 0.6) is 0 Å². The van der Waals surface area contributed by atoms with Crippen LogP contribution in [0.2, 0.25) is 0 Å². The number of unbranched alkanes of at least 4 members (excludes halogenated alkanes) is 9. The highest BCUT2D eigenvalue weighted by Gasteiger charge is 2.16. The van der Waals surface area contributed by atoms with Gasteiger partial charge in [-0.3, -0.25) is 4.90 Å². The summed E-state index contributed by atoms with van der Waals surface area (Å²) in [5.41, 5.74) is 0. The predicted octanol–water partition coefficient (Wildman–Crippen LogP) is 7.62. The standard InChI is InChI=1S/C32H67NO4/c1-6-9-10-11-12-13-14-15-16-17-22-33(25-31(34)27-36-23-18-20-29(4)7-2)26-32(35)28-37-24-19-21-30(5)8-3/h29-32,34-35H,6-28H2,1-5H3. The number of hydrogen-bond donors (Lipinski definition) is 2. The molecule has 0 aliphatic rings. The first-order valence-electron chi connectivity index (χ1n) is 16.2. The third-order valence-electron chi connectivity index (χ3n) is 7.75. The second-order valence-electron chi connectivity index (χ2n) is 11.7. The molecule has 0 spiro atoms. The summed E-state index contributed by atoms with van der Waals surface area (Å²) >= 11 is 0. The van der Waals surface area contributed by atoms with Gasteiger partial charge in [0.25, 0.3) is 0 Å². The number of nitrogens with zero attached hydrogens (tertiary/aromatic N) is 1. The van der Waals surface area contributed by atoms with Crippen molar-refractivity contribution in [3.63, 3.8) is 0 Å². The third-order valence-corrected chi connectivity index (χ3v) is 7.75. The van der Waals surface area contributed by atoms with Crippen molar-refractivity contribution in [1.29, 1.82) is 0 Å². The van der Waals surface area contributed by atoms with E-state index in [1.807, 2.05) is 0 Å². The van der Waals surface area contributed by atoms with E-state index in [1.54, 1.807) is 0 Å². The first-order valence-corrected chi connectivity index (χ1v) is 16.2.